The van der Waals surface area contributed by atoms with Crippen molar-refractivity contribution in [3.05, 3.63) is 29.6 Å². The quantitative estimate of drug-likeness (QED) is 0.316. The predicted octanol–water partition coefficient (Wildman–Crippen LogP) is 2.36. The average Bonchev–Trinajstić information content (AvgIpc) is 2.76. The van der Waals surface area contributed by atoms with Crippen LogP contribution in [0.25, 0.3) is 0 Å². The van der Waals surface area contributed by atoms with Crippen LogP contribution in [0.5, 0.6) is 5.75 Å². The Morgan fingerprint density at radius 2 is 1.83 bits per heavy atom. The zero-order chi connectivity index (χ0) is 21.6. The monoisotopic (exact) mass is 424 g/mol. The molecule has 0 saturated carbocycles. The molecule has 1 aromatic rings. The molecular weight excluding hydrogens is 387 g/mol. The van der Waals surface area contributed by atoms with E-state index in [1.54, 1.807) is 19.2 Å². The standard InChI is InChI=1S/C22H37FN4O3/c1-4-5-13-29-15-16-30-14-8-25-22(24-2)27-11-9-26(10-12-27)18-19-6-7-21(28-3)20(23)17-19/h6-7,17H,4-5,8-16,18H2,1-3H3,(H,24,25). The minimum atomic E-state index is -0.312. The van der Waals surface area contributed by atoms with E-state index in [-0.39, 0.29) is 11.6 Å². The summed E-state index contributed by atoms with van der Waals surface area (Å²) in [6.07, 6.45) is 2.25. The molecule has 30 heavy (non-hydrogen) atoms. The summed E-state index contributed by atoms with van der Waals surface area (Å²) in [5.41, 5.74) is 0.958. The second-order valence-corrected chi connectivity index (χ2v) is 7.28. The molecule has 8 heteroatoms. The van der Waals surface area contributed by atoms with E-state index in [4.69, 9.17) is 14.2 Å². The number of aliphatic imine (C=N–C) groups is 1. The molecule has 0 atom stereocenters. The van der Waals surface area contributed by atoms with Crippen LogP contribution in [-0.4, -0.2) is 89.1 Å². The highest BCUT2D eigenvalue weighted by Gasteiger charge is 2.19. The fourth-order valence-electron chi connectivity index (χ4n) is 3.32. The summed E-state index contributed by atoms with van der Waals surface area (Å²) in [7, 11) is 3.28. The van der Waals surface area contributed by atoms with Gasteiger partial charge >= 0.3 is 0 Å². The lowest BCUT2D eigenvalue weighted by Crippen LogP contribution is -2.52. The minimum absolute atomic E-state index is 0.284. The third-order valence-electron chi connectivity index (χ3n) is 5.05. The maximum Gasteiger partial charge on any atom is 0.193 e. The molecule has 0 spiro atoms. The Morgan fingerprint density at radius 1 is 1.10 bits per heavy atom. The average molecular weight is 425 g/mol. The number of piperazine rings is 1. The first-order chi connectivity index (χ1) is 14.7. The summed E-state index contributed by atoms with van der Waals surface area (Å²) in [5.74, 6) is 0.868. The summed E-state index contributed by atoms with van der Waals surface area (Å²) >= 11 is 0. The number of ether oxygens (including phenoxy) is 3. The molecule has 0 radical (unpaired) electrons. The van der Waals surface area contributed by atoms with Crippen molar-refractivity contribution < 1.29 is 18.6 Å². The van der Waals surface area contributed by atoms with Crippen LogP contribution in [0.2, 0.25) is 0 Å². The van der Waals surface area contributed by atoms with Gasteiger partial charge in [0.15, 0.2) is 17.5 Å². The summed E-state index contributed by atoms with van der Waals surface area (Å²) in [6.45, 7) is 9.86. The van der Waals surface area contributed by atoms with Gasteiger partial charge in [-0.1, -0.05) is 19.4 Å². The van der Waals surface area contributed by atoms with Crippen molar-refractivity contribution in [1.29, 1.82) is 0 Å². The minimum Gasteiger partial charge on any atom is -0.494 e. The third-order valence-corrected chi connectivity index (χ3v) is 5.05. The predicted molar refractivity (Wildman–Crippen MR) is 118 cm³/mol. The normalized spacial score (nSPS) is 15.5. The van der Waals surface area contributed by atoms with Gasteiger partial charge in [0.2, 0.25) is 0 Å². The zero-order valence-corrected chi connectivity index (χ0v) is 18.7. The van der Waals surface area contributed by atoms with Gasteiger partial charge in [-0.3, -0.25) is 9.89 Å². The number of hydrogen-bond donors (Lipinski definition) is 1. The molecule has 1 aliphatic rings. The molecule has 170 valence electrons. The van der Waals surface area contributed by atoms with Gasteiger partial charge < -0.3 is 24.4 Å². The van der Waals surface area contributed by atoms with Crippen molar-refractivity contribution in [1.82, 2.24) is 15.1 Å². The van der Waals surface area contributed by atoms with Gasteiger partial charge in [0.05, 0.1) is 26.9 Å². The maximum atomic E-state index is 13.9. The van der Waals surface area contributed by atoms with Crippen molar-refractivity contribution in [2.24, 2.45) is 4.99 Å². The van der Waals surface area contributed by atoms with Crippen LogP contribution in [0.3, 0.4) is 0 Å². The number of unbranched alkanes of at least 4 members (excludes halogenated alkanes) is 1. The summed E-state index contributed by atoms with van der Waals surface area (Å²) < 4.78 is 30.0. The Kier molecular flexibility index (Phi) is 11.5. The highest BCUT2D eigenvalue weighted by atomic mass is 19.1. The van der Waals surface area contributed by atoms with E-state index in [9.17, 15) is 4.39 Å². The molecule has 0 bridgehead atoms. The first-order valence-corrected chi connectivity index (χ1v) is 10.8. The fourth-order valence-corrected chi connectivity index (χ4v) is 3.32. The number of methoxy groups -OCH3 is 1. The lowest BCUT2D eigenvalue weighted by Gasteiger charge is -2.36. The lowest BCUT2D eigenvalue weighted by atomic mass is 10.2. The van der Waals surface area contributed by atoms with Crippen LogP contribution < -0.4 is 10.1 Å². The Morgan fingerprint density at radius 3 is 2.47 bits per heavy atom. The van der Waals surface area contributed by atoms with Gasteiger partial charge in [-0.05, 0) is 24.1 Å². The molecule has 1 aromatic carbocycles. The zero-order valence-electron chi connectivity index (χ0n) is 18.7. The van der Waals surface area contributed by atoms with Gasteiger partial charge in [0.25, 0.3) is 0 Å². The summed E-state index contributed by atoms with van der Waals surface area (Å²) in [4.78, 5) is 8.96. The molecule has 0 amide bonds. The molecule has 1 aliphatic heterocycles. The molecule has 1 saturated heterocycles. The number of guanidine groups is 1. The number of benzene rings is 1. The van der Waals surface area contributed by atoms with E-state index < -0.39 is 0 Å². The summed E-state index contributed by atoms with van der Waals surface area (Å²) in [5, 5.41) is 3.36. The van der Waals surface area contributed by atoms with E-state index in [1.807, 2.05) is 6.07 Å². The third kappa shape index (κ3) is 8.45. The molecule has 7 nitrogen and oxygen atoms in total. The van der Waals surface area contributed by atoms with Crippen LogP contribution in [-0.2, 0) is 16.0 Å². The SMILES string of the molecule is CCCCOCCOCCNC(=NC)N1CCN(Cc2ccc(OC)c(F)c2)CC1. The smallest absolute Gasteiger partial charge is 0.193 e. The van der Waals surface area contributed by atoms with Crippen LogP contribution in [0.15, 0.2) is 23.2 Å². The van der Waals surface area contributed by atoms with Crippen molar-refractivity contribution in [3.8, 4) is 5.75 Å². The molecule has 1 N–H and O–H groups in total. The Hall–Kier alpha value is -1.90. The second kappa shape index (κ2) is 14.2. The first kappa shape index (κ1) is 24.4. The van der Waals surface area contributed by atoms with E-state index >= 15 is 0 Å². The van der Waals surface area contributed by atoms with Gasteiger partial charge in [-0.25, -0.2) is 4.39 Å². The van der Waals surface area contributed by atoms with Crippen molar-refractivity contribution in [2.45, 2.75) is 26.3 Å². The number of hydrogen-bond acceptors (Lipinski definition) is 5. The van der Waals surface area contributed by atoms with E-state index in [2.05, 4.69) is 27.0 Å². The number of nitrogens with zero attached hydrogens (tertiary/aromatic N) is 3. The first-order valence-electron chi connectivity index (χ1n) is 10.8. The Bertz CT molecular complexity index is 637. The van der Waals surface area contributed by atoms with E-state index in [1.165, 1.54) is 7.11 Å². The Labute approximate surface area is 180 Å². The summed E-state index contributed by atoms with van der Waals surface area (Å²) in [6, 6.07) is 5.16. The van der Waals surface area contributed by atoms with Gasteiger partial charge in [0.1, 0.15) is 0 Å². The van der Waals surface area contributed by atoms with Crippen molar-refractivity contribution in [2.75, 3.05) is 73.3 Å². The molecule has 0 aliphatic carbocycles. The largest absolute Gasteiger partial charge is 0.494 e. The van der Waals surface area contributed by atoms with Crippen LogP contribution in [0.1, 0.15) is 25.3 Å². The number of rotatable bonds is 12. The highest BCUT2D eigenvalue weighted by molar-refractivity contribution is 5.79. The lowest BCUT2D eigenvalue weighted by molar-refractivity contribution is 0.0485. The number of nitrogens with one attached hydrogen (secondary N) is 1. The van der Waals surface area contributed by atoms with Gasteiger partial charge in [-0.2, -0.15) is 0 Å². The second-order valence-electron chi connectivity index (χ2n) is 7.28. The highest BCUT2D eigenvalue weighted by Crippen LogP contribution is 2.19. The molecule has 1 heterocycles. The van der Waals surface area contributed by atoms with Crippen LogP contribution >= 0.6 is 0 Å². The van der Waals surface area contributed by atoms with E-state index in [0.717, 1.165) is 63.7 Å². The maximum absolute atomic E-state index is 13.9. The Balaban J connectivity index is 1.62. The molecule has 0 unspecified atom stereocenters. The van der Waals surface area contributed by atoms with Gasteiger partial charge in [-0.15, -0.1) is 0 Å². The van der Waals surface area contributed by atoms with Gasteiger partial charge in [0, 0.05) is 52.9 Å². The molecule has 1 fully saturated rings. The molecule has 0 aromatic heterocycles. The number of halogens is 1. The van der Waals surface area contributed by atoms with Crippen LogP contribution in [0, 0.1) is 5.82 Å². The topological polar surface area (TPSA) is 58.6 Å². The van der Waals surface area contributed by atoms with Crippen molar-refractivity contribution in [3.63, 3.8) is 0 Å². The van der Waals surface area contributed by atoms with E-state index in [0.29, 0.717) is 26.4 Å². The van der Waals surface area contributed by atoms with Crippen LogP contribution in [0.4, 0.5) is 4.39 Å². The van der Waals surface area contributed by atoms with Crippen molar-refractivity contribution >= 4 is 5.96 Å². The molecular formula is C22H37FN4O3. The fraction of sp³-hybridized carbons (Fsp3) is 0.682. The molecule has 2 rings (SSSR count).